The van der Waals surface area contributed by atoms with Crippen molar-refractivity contribution in [3.8, 4) is 5.75 Å². The molecule has 0 aliphatic heterocycles. The predicted molar refractivity (Wildman–Crippen MR) is 139 cm³/mol. The van der Waals surface area contributed by atoms with Crippen LogP contribution in [-0.2, 0) is 15.4 Å². The Morgan fingerprint density at radius 3 is 2.30 bits per heavy atom. The van der Waals surface area contributed by atoms with E-state index in [2.05, 4.69) is 38.5 Å². The molecule has 33 heavy (non-hydrogen) atoms. The molecule has 0 saturated carbocycles. The van der Waals surface area contributed by atoms with Crippen molar-refractivity contribution in [2.75, 3.05) is 11.3 Å². The fraction of sp³-hybridized carbons (Fsp3) is 0.571. The van der Waals surface area contributed by atoms with Gasteiger partial charge in [0, 0.05) is 6.07 Å². The van der Waals surface area contributed by atoms with Gasteiger partial charge in [-0.15, -0.1) is 0 Å². The molecule has 0 spiro atoms. The highest BCUT2D eigenvalue weighted by molar-refractivity contribution is 7.92. The maximum Gasteiger partial charge on any atom is 0.265 e. The van der Waals surface area contributed by atoms with Crippen LogP contribution < -0.4 is 9.46 Å². The van der Waals surface area contributed by atoms with Crippen LogP contribution in [0.5, 0.6) is 5.75 Å². The van der Waals surface area contributed by atoms with Gasteiger partial charge in [-0.05, 0) is 42.0 Å². The molecule has 0 aliphatic rings. The topological polar surface area (TPSA) is 55.4 Å². The quantitative estimate of drug-likeness (QED) is 0.253. The van der Waals surface area contributed by atoms with Crippen LogP contribution in [0.1, 0.15) is 97.5 Å². The number of sulfonamides is 1. The molecule has 0 amide bonds. The number of anilines is 1. The standard InChI is InChI=1S/C28H42NO3S/c1-5-7-9-10-11-16-22-32-26-20-19-24(28(3,4)21-15-8-6-2)23-27(26)33(30,31)29-25-17-13-12-14-18-25/h12-14,17,19-20,23,29H,5-11,15-16,21-22H2,1-4H3. The average Bonchev–Trinajstić information content (AvgIpc) is 2.79. The maximum atomic E-state index is 13.4. The maximum absolute atomic E-state index is 13.4. The van der Waals surface area contributed by atoms with Crippen LogP contribution in [0.25, 0.3) is 0 Å². The summed E-state index contributed by atoms with van der Waals surface area (Å²) in [7, 11) is -3.81. The summed E-state index contributed by atoms with van der Waals surface area (Å²) in [5.41, 5.74) is 1.32. The van der Waals surface area contributed by atoms with Gasteiger partial charge in [0.25, 0.3) is 10.0 Å². The summed E-state index contributed by atoms with van der Waals surface area (Å²) < 4.78 is 35.4. The summed E-state index contributed by atoms with van der Waals surface area (Å²) in [5.74, 6) is 0.417. The van der Waals surface area contributed by atoms with Gasteiger partial charge in [-0.25, -0.2) is 8.42 Å². The zero-order chi connectivity index (χ0) is 24.2. The van der Waals surface area contributed by atoms with Crippen molar-refractivity contribution in [1.82, 2.24) is 0 Å². The Hall–Kier alpha value is -2.01. The molecule has 2 rings (SSSR count). The first-order valence-corrected chi connectivity index (χ1v) is 14.1. The van der Waals surface area contributed by atoms with E-state index >= 15 is 0 Å². The van der Waals surface area contributed by atoms with Gasteiger partial charge in [0.1, 0.15) is 10.6 Å². The third-order valence-corrected chi connectivity index (χ3v) is 7.52. The van der Waals surface area contributed by atoms with E-state index in [1.165, 1.54) is 38.5 Å². The van der Waals surface area contributed by atoms with E-state index in [-0.39, 0.29) is 10.3 Å². The molecule has 2 aromatic rings. The third-order valence-electron chi connectivity index (χ3n) is 6.13. The van der Waals surface area contributed by atoms with Gasteiger partial charge in [0.15, 0.2) is 0 Å². The van der Waals surface area contributed by atoms with Gasteiger partial charge < -0.3 is 4.74 Å². The average molecular weight is 473 g/mol. The molecule has 1 N–H and O–H groups in total. The molecule has 0 bridgehead atoms. The van der Waals surface area contributed by atoms with Crippen molar-refractivity contribution in [2.45, 2.75) is 102 Å². The van der Waals surface area contributed by atoms with Crippen molar-refractivity contribution in [3.63, 3.8) is 0 Å². The Kier molecular flexibility index (Phi) is 11.3. The minimum absolute atomic E-state index is 0.115. The molecule has 0 saturated heterocycles. The van der Waals surface area contributed by atoms with Crippen LogP contribution in [0, 0.1) is 6.07 Å². The van der Waals surface area contributed by atoms with Gasteiger partial charge in [0.05, 0.1) is 12.3 Å². The zero-order valence-corrected chi connectivity index (χ0v) is 21.8. The molecular formula is C28H42NO3S. The molecule has 4 nitrogen and oxygen atoms in total. The molecule has 5 heteroatoms. The Labute approximate surface area is 202 Å². The van der Waals surface area contributed by atoms with Gasteiger partial charge in [-0.3, -0.25) is 4.72 Å². The van der Waals surface area contributed by atoms with E-state index in [4.69, 9.17) is 4.74 Å². The first-order valence-electron chi connectivity index (χ1n) is 12.6. The minimum atomic E-state index is -3.81. The first kappa shape index (κ1) is 27.2. The number of ether oxygens (including phenoxy) is 1. The molecule has 2 aromatic carbocycles. The summed E-state index contributed by atoms with van der Waals surface area (Å²) in [4.78, 5) is 0.201. The molecule has 183 valence electrons. The molecule has 1 radical (unpaired) electrons. The fourth-order valence-corrected chi connectivity index (χ4v) is 5.14. The Bertz CT molecular complexity index is 923. The molecule has 0 aliphatic carbocycles. The lowest BCUT2D eigenvalue weighted by Crippen LogP contribution is -2.20. The number of nitrogens with one attached hydrogen (secondary N) is 1. The van der Waals surface area contributed by atoms with E-state index in [0.29, 0.717) is 18.0 Å². The number of hydrogen-bond acceptors (Lipinski definition) is 3. The first-order chi connectivity index (χ1) is 15.8. The van der Waals surface area contributed by atoms with Crippen LogP contribution in [0.2, 0.25) is 0 Å². The van der Waals surface area contributed by atoms with Gasteiger partial charge >= 0.3 is 0 Å². The van der Waals surface area contributed by atoms with Gasteiger partial charge in [0.2, 0.25) is 0 Å². The number of rotatable bonds is 16. The van der Waals surface area contributed by atoms with Gasteiger partial charge in [-0.2, -0.15) is 0 Å². The fourth-order valence-electron chi connectivity index (χ4n) is 3.94. The minimum Gasteiger partial charge on any atom is -0.492 e. The normalized spacial score (nSPS) is 12.0. The largest absolute Gasteiger partial charge is 0.492 e. The van der Waals surface area contributed by atoms with Crippen molar-refractivity contribution in [3.05, 3.63) is 54.1 Å². The highest BCUT2D eigenvalue weighted by Gasteiger charge is 2.26. The molecule has 0 unspecified atom stereocenters. The van der Waals surface area contributed by atoms with E-state index in [9.17, 15) is 8.42 Å². The second kappa shape index (κ2) is 13.6. The number of unbranched alkanes of at least 4 members (excludes halogenated alkanes) is 7. The Morgan fingerprint density at radius 2 is 1.61 bits per heavy atom. The van der Waals surface area contributed by atoms with E-state index < -0.39 is 10.0 Å². The number of benzene rings is 2. The van der Waals surface area contributed by atoms with Crippen molar-refractivity contribution < 1.29 is 13.2 Å². The summed E-state index contributed by atoms with van der Waals surface area (Å²) in [6.07, 6.45) is 11.4. The third kappa shape index (κ3) is 9.04. The smallest absolute Gasteiger partial charge is 0.265 e. The van der Waals surface area contributed by atoms with E-state index in [0.717, 1.165) is 31.2 Å². The SMILES string of the molecule is CCCCCCCCOc1ccc(C(C)(C)CCCCC)cc1S(=O)(=O)Nc1[c]cccc1. The second-order valence-corrected chi connectivity index (χ2v) is 11.2. The molecule has 0 aromatic heterocycles. The summed E-state index contributed by atoms with van der Waals surface area (Å²) in [6.45, 7) is 9.29. The summed E-state index contributed by atoms with van der Waals surface area (Å²) >= 11 is 0. The lowest BCUT2D eigenvalue weighted by molar-refractivity contribution is 0.296. The van der Waals surface area contributed by atoms with E-state index in [1.807, 2.05) is 18.2 Å². The lowest BCUT2D eigenvalue weighted by Gasteiger charge is -2.26. The number of hydrogen-bond donors (Lipinski definition) is 1. The van der Waals surface area contributed by atoms with Crippen LogP contribution in [0.4, 0.5) is 5.69 Å². The molecule has 0 atom stereocenters. The second-order valence-electron chi connectivity index (χ2n) is 9.50. The predicted octanol–water partition coefficient (Wildman–Crippen LogP) is 7.88. The van der Waals surface area contributed by atoms with Crippen molar-refractivity contribution >= 4 is 15.7 Å². The molecular weight excluding hydrogens is 430 g/mol. The van der Waals surface area contributed by atoms with E-state index in [1.54, 1.807) is 24.3 Å². The number of para-hydroxylation sites is 1. The van der Waals surface area contributed by atoms with Gasteiger partial charge in [-0.1, -0.05) is 103 Å². The van der Waals surface area contributed by atoms with Crippen molar-refractivity contribution in [1.29, 1.82) is 0 Å². The Morgan fingerprint density at radius 1 is 0.909 bits per heavy atom. The Balaban J connectivity index is 2.23. The summed E-state index contributed by atoms with van der Waals surface area (Å²) in [5, 5.41) is 0. The molecule has 0 heterocycles. The molecule has 0 fully saturated rings. The highest BCUT2D eigenvalue weighted by atomic mass is 32.2. The van der Waals surface area contributed by atoms with Crippen LogP contribution >= 0.6 is 0 Å². The summed E-state index contributed by atoms with van der Waals surface area (Å²) in [6, 6.07) is 15.6. The van der Waals surface area contributed by atoms with Crippen LogP contribution in [-0.4, -0.2) is 15.0 Å². The van der Waals surface area contributed by atoms with Crippen LogP contribution in [0.3, 0.4) is 0 Å². The van der Waals surface area contributed by atoms with Crippen LogP contribution in [0.15, 0.2) is 47.4 Å². The zero-order valence-electron chi connectivity index (χ0n) is 21.0. The van der Waals surface area contributed by atoms with Crippen molar-refractivity contribution in [2.24, 2.45) is 0 Å². The monoisotopic (exact) mass is 472 g/mol. The highest BCUT2D eigenvalue weighted by Crippen LogP contribution is 2.35. The lowest BCUT2D eigenvalue weighted by atomic mass is 9.80.